The summed E-state index contributed by atoms with van der Waals surface area (Å²) in [6.45, 7) is 4.39. The smallest absolute Gasteiger partial charge is 0.377 e. The van der Waals surface area contributed by atoms with Crippen LogP contribution in [0.15, 0.2) is 82.6 Å². The Bertz CT molecular complexity index is 1990. The fourth-order valence-corrected chi connectivity index (χ4v) is 18.8. The van der Waals surface area contributed by atoms with E-state index < -0.39 is 17.6 Å². The third kappa shape index (κ3) is 9.98. The first-order valence-electron chi connectivity index (χ1n) is 18.2. The van der Waals surface area contributed by atoms with Crippen molar-refractivity contribution in [3.8, 4) is 21.1 Å². The lowest BCUT2D eigenvalue weighted by atomic mass is 10.0. The van der Waals surface area contributed by atoms with Crippen molar-refractivity contribution in [1.29, 1.82) is 0 Å². The van der Waals surface area contributed by atoms with E-state index in [4.69, 9.17) is 36.5 Å². The van der Waals surface area contributed by atoms with Crippen molar-refractivity contribution in [2.75, 3.05) is 42.7 Å². The van der Waals surface area contributed by atoms with Gasteiger partial charge in [-0.15, -0.1) is 22.7 Å². The molecule has 56 heavy (non-hydrogen) atoms. The minimum absolute atomic E-state index is 0.732. The van der Waals surface area contributed by atoms with Gasteiger partial charge < -0.3 is 26.6 Å². The van der Waals surface area contributed by atoms with Crippen molar-refractivity contribution in [1.82, 2.24) is 9.97 Å². The second-order valence-corrected chi connectivity index (χ2v) is 27.0. The summed E-state index contributed by atoms with van der Waals surface area (Å²) < 4.78 is 36.9. The monoisotopic (exact) mass is 900 g/mol. The van der Waals surface area contributed by atoms with E-state index in [1.807, 2.05) is 21.6 Å². The van der Waals surface area contributed by atoms with Crippen LogP contribution in [-0.4, -0.2) is 70.2 Å². The number of nitrogens with zero attached hydrogens (tertiary/aromatic N) is 2. The van der Waals surface area contributed by atoms with Gasteiger partial charge in [0.2, 0.25) is 0 Å². The molecule has 0 unspecified atom stereocenters. The van der Waals surface area contributed by atoms with Gasteiger partial charge in [0, 0.05) is 75.7 Å². The van der Waals surface area contributed by atoms with E-state index >= 15 is 0 Å². The van der Waals surface area contributed by atoms with Crippen molar-refractivity contribution in [2.45, 2.75) is 61.4 Å². The normalized spacial score (nSPS) is 12.4. The summed E-state index contributed by atoms with van der Waals surface area (Å²) in [7, 11) is 11.9. The third-order valence-electron chi connectivity index (χ3n) is 9.90. The Hall–Kier alpha value is -1.75. The summed E-state index contributed by atoms with van der Waals surface area (Å²) in [4.78, 5) is 12.8. The average molecular weight is 901 g/mol. The Kier molecular flexibility index (Phi) is 16.0. The van der Waals surface area contributed by atoms with Gasteiger partial charge in [-0.1, -0.05) is 48.5 Å². The Morgan fingerprint density at radius 3 is 1.25 bits per heavy atom. The molecule has 0 aliphatic carbocycles. The summed E-state index contributed by atoms with van der Waals surface area (Å²) >= 11 is 3.51. The van der Waals surface area contributed by atoms with Crippen LogP contribution in [0.25, 0.3) is 41.6 Å². The molecule has 0 aliphatic rings. The predicted molar refractivity (Wildman–Crippen MR) is 246 cm³/mol. The van der Waals surface area contributed by atoms with Crippen LogP contribution in [0.5, 0.6) is 0 Å². The van der Waals surface area contributed by atoms with E-state index in [9.17, 15) is 0 Å². The molecule has 0 bridgehead atoms. The van der Waals surface area contributed by atoms with E-state index in [2.05, 4.69) is 86.6 Å². The lowest BCUT2D eigenvalue weighted by molar-refractivity contribution is 0.122. The van der Waals surface area contributed by atoms with Gasteiger partial charge in [-0.2, -0.15) is 0 Å². The van der Waals surface area contributed by atoms with Gasteiger partial charge in [0.25, 0.3) is 0 Å². The molecule has 0 saturated heterocycles. The van der Waals surface area contributed by atoms with Gasteiger partial charge in [0.05, 0.1) is 20.4 Å². The van der Waals surface area contributed by atoms with Crippen molar-refractivity contribution in [2.24, 2.45) is 0 Å². The zero-order valence-electron chi connectivity index (χ0n) is 33.0. The highest BCUT2D eigenvalue weighted by atomic mass is 33.7. The maximum atomic E-state index is 5.76. The van der Waals surface area contributed by atoms with Crippen LogP contribution in [0.3, 0.4) is 0 Å². The van der Waals surface area contributed by atoms with Crippen LogP contribution in [-0.2, 0) is 39.4 Å². The summed E-state index contributed by atoms with van der Waals surface area (Å²) in [6, 6.07) is 27.2. The van der Waals surface area contributed by atoms with Crippen LogP contribution < -0.4 is 0 Å². The Labute approximate surface area is 356 Å². The summed E-state index contributed by atoms with van der Waals surface area (Å²) in [5.74, 6) is 0. The van der Waals surface area contributed by atoms with E-state index in [1.165, 1.54) is 52.6 Å². The molecule has 0 amide bonds. The topological polar surface area (TPSA) is 81.2 Å². The lowest BCUT2D eigenvalue weighted by Gasteiger charge is -2.24. The molecular weight excluding hydrogens is 853 g/mol. The van der Waals surface area contributed by atoms with Gasteiger partial charge in [-0.25, -0.2) is 9.97 Å². The van der Waals surface area contributed by atoms with Gasteiger partial charge in [-0.3, -0.25) is 0 Å². The molecule has 298 valence electrons. The molecule has 6 rings (SSSR count). The van der Waals surface area contributed by atoms with Gasteiger partial charge in [-0.05, 0) is 127 Å². The van der Waals surface area contributed by atoms with E-state index in [0.717, 1.165) is 58.8 Å². The quantitative estimate of drug-likeness (QED) is 0.0392. The maximum absolute atomic E-state index is 5.76. The highest BCUT2D eigenvalue weighted by Crippen LogP contribution is 2.55. The molecule has 2 heterocycles. The fraction of sp³-hybridized carbons (Fsp3) is 0.350. The molecule has 0 saturated carbocycles. The molecule has 6 aromatic rings. The minimum Gasteiger partial charge on any atom is -0.377 e. The number of benzene rings is 4. The molecule has 0 radical (unpaired) electrons. The number of para-hydroxylation sites is 2. The number of aryl methyl sites for hydroxylation is 4. The number of rotatable bonds is 21. The molecule has 16 heteroatoms. The first kappa shape index (κ1) is 43.8. The Morgan fingerprint density at radius 2 is 0.893 bits per heavy atom. The van der Waals surface area contributed by atoms with Crippen LogP contribution in [0, 0.1) is 13.8 Å². The molecule has 0 aliphatic heterocycles. The largest absolute Gasteiger partial charge is 0.500 e. The Balaban J connectivity index is 1.30. The van der Waals surface area contributed by atoms with Crippen molar-refractivity contribution >= 4 is 102 Å². The summed E-state index contributed by atoms with van der Waals surface area (Å²) in [5.41, 5.74) is 9.45. The number of hydrogen-bond acceptors (Lipinski definition) is 14. The van der Waals surface area contributed by atoms with Gasteiger partial charge in [0.15, 0.2) is 0 Å². The number of aromatic nitrogens is 2. The predicted octanol–water partition coefficient (Wildman–Crippen LogP) is 12.6. The maximum Gasteiger partial charge on any atom is 0.500 e. The van der Waals surface area contributed by atoms with Crippen molar-refractivity contribution in [3.05, 3.63) is 95.1 Å². The van der Waals surface area contributed by atoms with Crippen LogP contribution in [0.1, 0.15) is 35.1 Å². The van der Waals surface area contributed by atoms with Crippen molar-refractivity contribution in [3.63, 3.8) is 0 Å². The number of fused-ring (bicyclic) bond motifs is 2. The standard InChI is InChI=1S/C40H48N2O6S6Si2/c1-27-21-23-29(15-13-25-55(43-3,44-4)45-5)37(35(27)39-41-31-17-9-11-19-33(31)49-39)51-53-54-52-38-30(16-14-26-56(46-6,47-7)48-8)24-22-28(2)36(38)40-42-32-18-10-12-20-34(32)50-40/h9-12,17-24H,13-16,25-26H2,1-8H3. The van der Waals surface area contributed by atoms with E-state index in [-0.39, 0.29) is 0 Å². The molecule has 0 atom stereocenters. The summed E-state index contributed by atoms with van der Waals surface area (Å²) in [5, 5.41) is 2.09. The second-order valence-electron chi connectivity index (χ2n) is 13.1. The summed E-state index contributed by atoms with van der Waals surface area (Å²) in [6.07, 6.45) is 3.48. The SMILES string of the molecule is CO[Si](CCCc1ccc(C)c(-c2nc3ccccc3s2)c1SSSSc1c(CCC[Si](OC)(OC)OC)ccc(C)c1-c1nc2ccccc2s1)(OC)OC. The first-order chi connectivity index (χ1) is 27.2. The average Bonchev–Trinajstić information content (AvgIpc) is 3.86. The number of thiazole rings is 2. The second kappa shape index (κ2) is 20.5. The molecule has 2 aromatic heterocycles. The van der Waals surface area contributed by atoms with Crippen LogP contribution in [0.4, 0.5) is 0 Å². The van der Waals surface area contributed by atoms with Gasteiger partial charge >= 0.3 is 17.6 Å². The first-order valence-corrected chi connectivity index (χ1v) is 28.5. The molecular formula is C40H48N2O6S6Si2. The van der Waals surface area contributed by atoms with E-state index in [0.29, 0.717) is 0 Å². The van der Waals surface area contributed by atoms with Gasteiger partial charge in [0.1, 0.15) is 10.0 Å². The highest BCUT2D eigenvalue weighted by molar-refractivity contribution is 9.26. The molecule has 8 nitrogen and oxygen atoms in total. The molecule has 0 fully saturated rings. The van der Waals surface area contributed by atoms with Crippen LogP contribution in [0.2, 0.25) is 12.1 Å². The zero-order valence-corrected chi connectivity index (χ0v) is 39.9. The van der Waals surface area contributed by atoms with Crippen LogP contribution >= 0.6 is 63.9 Å². The minimum atomic E-state index is -2.70. The molecule has 0 N–H and O–H groups in total. The van der Waals surface area contributed by atoms with Crippen molar-refractivity contribution < 1.29 is 26.6 Å². The lowest BCUT2D eigenvalue weighted by Crippen LogP contribution is -2.42. The van der Waals surface area contributed by atoms with E-state index in [1.54, 1.807) is 85.0 Å². The third-order valence-corrected chi connectivity index (χ3v) is 23.9. The fourth-order valence-electron chi connectivity index (χ4n) is 6.72. The molecule has 4 aromatic carbocycles. The highest BCUT2D eigenvalue weighted by Gasteiger charge is 2.38. The zero-order chi connectivity index (χ0) is 39.7. The number of hydrogen-bond donors (Lipinski definition) is 0. The Morgan fingerprint density at radius 1 is 0.518 bits per heavy atom. The molecule has 0 spiro atoms.